The summed E-state index contributed by atoms with van der Waals surface area (Å²) in [5.41, 5.74) is 0. The number of ether oxygens (including phenoxy) is 4. The molecular weight excluding hydrogens is 601 g/mol. The van der Waals surface area contributed by atoms with E-state index in [4.69, 9.17) is 18.9 Å². The van der Waals surface area contributed by atoms with Crippen LogP contribution in [0.15, 0.2) is 4.99 Å². The number of aliphatic hydroxyl groups is 5. The number of hydrogen-bond donors (Lipinski definition) is 7. The zero-order chi connectivity index (χ0) is 29.9. The summed E-state index contributed by atoms with van der Waals surface area (Å²) in [5, 5.41) is 63.2. The molecule has 0 aromatic rings. The van der Waals surface area contributed by atoms with E-state index < -0.39 is 90.9 Å². The van der Waals surface area contributed by atoms with Crippen LogP contribution >= 0.6 is 12.6 Å². The summed E-state index contributed by atoms with van der Waals surface area (Å²) in [5.74, 6) is 0.0123. The van der Waals surface area contributed by atoms with E-state index in [1.807, 2.05) is 0 Å². The molecule has 2 aliphatic heterocycles. The average molecular weight is 644 g/mol. The number of unbranched alkanes of at least 4 members (excludes halogenated alkanes) is 6. The van der Waals surface area contributed by atoms with Crippen molar-refractivity contribution in [2.45, 2.75) is 113 Å². The van der Waals surface area contributed by atoms with Crippen LogP contribution in [0.25, 0.3) is 0 Å². The third-order valence-corrected chi connectivity index (χ3v) is 7.36. The Balaban J connectivity index is 0.00000840. The molecule has 10 atom stereocenters. The second-order valence-electron chi connectivity index (χ2n) is 9.72. The Bertz CT molecular complexity index is 867. The number of thiol groups is 1. The van der Waals surface area contributed by atoms with Crippen molar-refractivity contribution in [3.05, 3.63) is 0 Å². The molecule has 0 bridgehead atoms. The number of nitrogens with zero attached hydrogens (tertiary/aromatic N) is 1. The minimum absolute atomic E-state index is 0. The average Bonchev–Trinajstić information content (AvgIpc) is 2.89. The SMILES string of the molecule is CC([O-])=N[C@H]1[C@H](O[C@H]2[C@H](O)[C@H](OCCCCCCCCCS)O[C@@H](CO)[C@H]2O)O[C@H](CO)[C@@H](O)[C@@H]1OS(=O)(=O)O.[Na+]. The second kappa shape index (κ2) is 19.7. The Morgan fingerprint density at radius 2 is 1.39 bits per heavy atom. The maximum absolute atomic E-state index is 11.8. The van der Waals surface area contributed by atoms with E-state index in [-0.39, 0.29) is 36.2 Å². The van der Waals surface area contributed by atoms with Gasteiger partial charge in [-0.25, -0.2) is 4.18 Å². The molecule has 2 aliphatic rings. The van der Waals surface area contributed by atoms with Gasteiger partial charge < -0.3 is 49.6 Å². The van der Waals surface area contributed by atoms with Crippen LogP contribution in [0, 0.1) is 0 Å². The van der Waals surface area contributed by atoms with E-state index in [1.54, 1.807) is 0 Å². The van der Waals surface area contributed by atoms with Crippen LogP contribution in [0.5, 0.6) is 0 Å². The van der Waals surface area contributed by atoms with Crippen LogP contribution in [-0.2, 0) is 33.5 Å². The van der Waals surface area contributed by atoms with Crippen molar-refractivity contribution >= 4 is 28.9 Å². The van der Waals surface area contributed by atoms with Gasteiger partial charge in [0.25, 0.3) is 0 Å². The van der Waals surface area contributed by atoms with Gasteiger partial charge in [-0.05, 0) is 31.4 Å². The zero-order valence-corrected chi connectivity index (χ0v) is 27.0. The first-order chi connectivity index (χ1) is 18.9. The quantitative estimate of drug-likeness (QED) is 0.0196. The number of aliphatic hydroxyl groups excluding tert-OH is 5. The van der Waals surface area contributed by atoms with E-state index in [2.05, 4.69) is 21.8 Å². The number of hydrogen-bond acceptors (Lipinski definition) is 15. The largest absolute Gasteiger partial charge is 1.00 e. The monoisotopic (exact) mass is 643 g/mol. The second-order valence-corrected chi connectivity index (χ2v) is 11.2. The molecule has 15 nitrogen and oxygen atoms in total. The maximum Gasteiger partial charge on any atom is 1.00 e. The van der Waals surface area contributed by atoms with Crippen molar-refractivity contribution < 1.29 is 96.3 Å². The summed E-state index contributed by atoms with van der Waals surface area (Å²) in [4.78, 5) is 3.67. The van der Waals surface area contributed by atoms with Gasteiger partial charge in [0.15, 0.2) is 12.6 Å². The minimum atomic E-state index is -5.18. The van der Waals surface area contributed by atoms with E-state index in [0.29, 0.717) is 6.42 Å². The van der Waals surface area contributed by atoms with Gasteiger partial charge in [0, 0.05) is 6.61 Å². The summed E-state index contributed by atoms with van der Waals surface area (Å²) in [6.45, 7) is -0.333. The summed E-state index contributed by atoms with van der Waals surface area (Å²) >= 11 is 4.19. The first-order valence-electron chi connectivity index (χ1n) is 13.2. The van der Waals surface area contributed by atoms with Gasteiger partial charge in [0.05, 0.1) is 13.2 Å². The molecule has 0 unspecified atom stereocenters. The Kier molecular flexibility index (Phi) is 18.9. The molecule has 0 spiro atoms. The molecule has 6 N–H and O–H groups in total. The van der Waals surface area contributed by atoms with Gasteiger partial charge in [-0.3, -0.25) is 9.55 Å². The molecule has 41 heavy (non-hydrogen) atoms. The van der Waals surface area contributed by atoms with Crippen molar-refractivity contribution in [1.82, 2.24) is 0 Å². The molecule has 0 radical (unpaired) electrons. The van der Waals surface area contributed by atoms with E-state index >= 15 is 0 Å². The Hall–Kier alpha value is 0.330. The molecule has 2 rings (SSSR count). The Morgan fingerprint density at radius 3 is 1.90 bits per heavy atom. The van der Waals surface area contributed by atoms with Crippen LogP contribution in [-0.4, -0.2) is 131 Å². The van der Waals surface area contributed by atoms with Gasteiger partial charge in [0.1, 0.15) is 48.8 Å². The Labute approximate surface area is 267 Å². The molecule has 2 heterocycles. The van der Waals surface area contributed by atoms with E-state index in [0.717, 1.165) is 51.2 Å². The predicted octanol–water partition coefficient (Wildman–Crippen LogP) is -5.09. The summed E-state index contributed by atoms with van der Waals surface area (Å²) in [6, 6.07) is -1.72. The van der Waals surface area contributed by atoms with Gasteiger partial charge in [0.2, 0.25) is 0 Å². The van der Waals surface area contributed by atoms with Crippen molar-refractivity contribution in [1.29, 1.82) is 0 Å². The summed E-state index contributed by atoms with van der Waals surface area (Å²) in [6.07, 6.45) is -7.68. The van der Waals surface area contributed by atoms with Crippen molar-refractivity contribution in [2.24, 2.45) is 4.99 Å². The molecule has 0 amide bonds. The fraction of sp³-hybridized carbons (Fsp3) is 0.957. The Morgan fingerprint density at radius 1 is 0.878 bits per heavy atom. The standard InChI is InChI=1S/C23H43NO14S2.Na/c1-13(27)24-16-20(38-40(31,32)33)17(28)14(11-25)35-22(16)37-21-18(29)15(12-26)36-23(19(21)30)34-9-7-5-3-2-4-6-8-10-39;/h14-23,25-26,28-30,39H,2-12H2,1H3,(H,24,27)(H,31,32,33);/q;+1/p-1/t14-,15+,16-,17-,18-,19+,20-,21-,22+,23-;/m1./s1. The third kappa shape index (κ3) is 12.7. The molecule has 0 aromatic carbocycles. The summed E-state index contributed by atoms with van der Waals surface area (Å²) in [7, 11) is -5.18. The van der Waals surface area contributed by atoms with Crippen LogP contribution in [0.1, 0.15) is 51.9 Å². The van der Waals surface area contributed by atoms with E-state index in [1.165, 1.54) is 0 Å². The molecule has 236 valence electrons. The minimum Gasteiger partial charge on any atom is -0.862 e. The fourth-order valence-electron chi connectivity index (χ4n) is 4.57. The summed E-state index contributed by atoms with van der Waals surface area (Å²) < 4.78 is 58.9. The molecule has 2 saturated heterocycles. The van der Waals surface area contributed by atoms with Crippen LogP contribution < -0.4 is 34.7 Å². The predicted molar refractivity (Wildman–Crippen MR) is 140 cm³/mol. The van der Waals surface area contributed by atoms with Crippen LogP contribution in [0.3, 0.4) is 0 Å². The smallest absolute Gasteiger partial charge is 0.862 e. The topological polar surface area (TPSA) is 237 Å². The molecule has 2 fully saturated rings. The first kappa shape index (κ1) is 39.4. The number of rotatable bonds is 17. The van der Waals surface area contributed by atoms with Gasteiger partial charge in [-0.15, -0.1) is 0 Å². The van der Waals surface area contributed by atoms with Crippen LogP contribution in [0.2, 0.25) is 0 Å². The zero-order valence-electron chi connectivity index (χ0n) is 23.3. The first-order valence-corrected chi connectivity index (χ1v) is 15.2. The maximum atomic E-state index is 11.8. The van der Waals surface area contributed by atoms with Crippen molar-refractivity contribution in [3.63, 3.8) is 0 Å². The van der Waals surface area contributed by atoms with Gasteiger partial charge in [-0.1, -0.05) is 32.1 Å². The molecular formula is C23H42NNaO14S2. The fourth-order valence-corrected chi connectivity index (χ4v) is 5.30. The normalized spacial score (nSPS) is 34.8. The number of aliphatic imine (C=N–C) groups is 1. The van der Waals surface area contributed by atoms with Gasteiger partial charge >= 0.3 is 40.0 Å². The third-order valence-electron chi connectivity index (χ3n) is 6.58. The molecule has 18 heteroatoms. The van der Waals surface area contributed by atoms with E-state index in [9.17, 15) is 43.6 Å². The molecule has 0 saturated carbocycles. The van der Waals surface area contributed by atoms with Crippen molar-refractivity contribution in [2.75, 3.05) is 25.6 Å². The van der Waals surface area contributed by atoms with Gasteiger partial charge in [-0.2, -0.15) is 21.0 Å². The van der Waals surface area contributed by atoms with Crippen LogP contribution in [0.4, 0.5) is 0 Å². The molecule has 0 aromatic heterocycles. The van der Waals surface area contributed by atoms with Crippen molar-refractivity contribution in [3.8, 4) is 0 Å². The molecule has 0 aliphatic carbocycles.